The van der Waals surface area contributed by atoms with Gasteiger partial charge in [-0.3, -0.25) is 0 Å². The fourth-order valence-electron chi connectivity index (χ4n) is 2.14. The number of halogens is 1. The van der Waals surface area contributed by atoms with E-state index in [2.05, 4.69) is 16.8 Å². The Morgan fingerprint density at radius 1 is 1.18 bits per heavy atom. The molecule has 0 aliphatic carbocycles. The van der Waals surface area contributed by atoms with Crippen LogP contribution in [-0.2, 0) is 6.54 Å². The largest absolute Gasteiger partial charge is 0.315 e. The van der Waals surface area contributed by atoms with Crippen LogP contribution < -0.4 is 5.32 Å². The fourth-order valence-corrected chi connectivity index (χ4v) is 3.03. The van der Waals surface area contributed by atoms with Gasteiger partial charge < -0.3 is 5.32 Å². The summed E-state index contributed by atoms with van der Waals surface area (Å²) in [5.41, 5.74) is 4.34. The number of nitrogens with one attached hydrogen (secondary N) is 1. The van der Waals surface area contributed by atoms with Crippen LogP contribution in [0.4, 0.5) is 4.39 Å². The van der Waals surface area contributed by atoms with Crippen LogP contribution >= 0.6 is 11.3 Å². The highest BCUT2D eigenvalue weighted by atomic mass is 32.1. The van der Waals surface area contributed by atoms with E-state index in [1.54, 1.807) is 23.5 Å². The summed E-state index contributed by atoms with van der Waals surface area (Å²) in [7, 11) is 1.94. The molecular weight excluding hydrogens is 233 g/mol. The maximum atomic E-state index is 13.2. The molecule has 0 unspecified atom stereocenters. The van der Waals surface area contributed by atoms with E-state index in [1.165, 1.54) is 10.4 Å². The third kappa shape index (κ3) is 2.56. The monoisotopic (exact) mass is 249 g/mol. The molecular formula is C14H16FNS. The second-order valence-electron chi connectivity index (χ2n) is 4.25. The average Bonchev–Trinajstić information content (AvgIpc) is 2.65. The summed E-state index contributed by atoms with van der Waals surface area (Å²) in [5, 5.41) is 5.28. The van der Waals surface area contributed by atoms with E-state index in [0.29, 0.717) is 0 Å². The van der Waals surface area contributed by atoms with E-state index in [-0.39, 0.29) is 5.82 Å². The molecule has 1 aromatic carbocycles. The third-order valence-electron chi connectivity index (χ3n) is 2.79. The van der Waals surface area contributed by atoms with Gasteiger partial charge in [0.1, 0.15) is 5.82 Å². The van der Waals surface area contributed by atoms with Crippen LogP contribution in [0.5, 0.6) is 0 Å². The Morgan fingerprint density at radius 2 is 1.82 bits per heavy atom. The Balaban J connectivity index is 2.45. The van der Waals surface area contributed by atoms with Crippen molar-refractivity contribution in [2.24, 2.45) is 0 Å². The van der Waals surface area contributed by atoms with E-state index in [4.69, 9.17) is 0 Å². The van der Waals surface area contributed by atoms with Crippen molar-refractivity contribution >= 4 is 11.3 Å². The summed E-state index contributed by atoms with van der Waals surface area (Å²) in [6.07, 6.45) is 0. The van der Waals surface area contributed by atoms with Crippen LogP contribution in [0, 0.1) is 19.7 Å². The molecule has 0 bridgehead atoms. The molecule has 2 rings (SSSR count). The molecule has 0 saturated carbocycles. The maximum Gasteiger partial charge on any atom is 0.123 e. The highest BCUT2D eigenvalue weighted by Gasteiger charge is 2.09. The van der Waals surface area contributed by atoms with E-state index >= 15 is 0 Å². The molecule has 0 aliphatic rings. The molecule has 0 amide bonds. The molecule has 0 radical (unpaired) electrons. The second kappa shape index (κ2) is 4.98. The normalized spacial score (nSPS) is 10.8. The Hall–Kier alpha value is -1.19. The van der Waals surface area contributed by atoms with Gasteiger partial charge in [0, 0.05) is 11.4 Å². The minimum absolute atomic E-state index is 0.158. The zero-order valence-electron chi connectivity index (χ0n) is 10.3. The van der Waals surface area contributed by atoms with Crippen LogP contribution in [0.2, 0.25) is 0 Å². The van der Waals surface area contributed by atoms with E-state index in [0.717, 1.165) is 23.2 Å². The number of hydrogen-bond acceptors (Lipinski definition) is 2. The minimum Gasteiger partial charge on any atom is -0.315 e. The summed E-state index contributed by atoms with van der Waals surface area (Å²) >= 11 is 1.73. The first-order valence-electron chi connectivity index (χ1n) is 5.61. The molecule has 1 nitrogen and oxygen atoms in total. The molecule has 0 saturated heterocycles. The number of hydrogen-bond donors (Lipinski definition) is 1. The van der Waals surface area contributed by atoms with Crippen molar-refractivity contribution in [1.82, 2.24) is 5.32 Å². The Morgan fingerprint density at radius 3 is 2.41 bits per heavy atom. The third-order valence-corrected chi connectivity index (χ3v) is 3.73. The van der Waals surface area contributed by atoms with Gasteiger partial charge in [0.15, 0.2) is 0 Å². The molecule has 1 aromatic heterocycles. The molecule has 0 spiro atoms. The molecule has 90 valence electrons. The van der Waals surface area contributed by atoms with Crippen molar-refractivity contribution < 1.29 is 4.39 Å². The topological polar surface area (TPSA) is 12.0 Å². The smallest absolute Gasteiger partial charge is 0.123 e. The highest BCUT2D eigenvalue weighted by Crippen LogP contribution is 2.31. The predicted octanol–water partition coefficient (Wildman–Crippen LogP) is 3.89. The quantitative estimate of drug-likeness (QED) is 0.870. The van der Waals surface area contributed by atoms with Gasteiger partial charge >= 0.3 is 0 Å². The van der Waals surface area contributed by atoms with Crippen LogP contribution in [0.15, 0.2) is 23.6 Å². The molecule has 2 aromatic rings. The molecule has 17 heavy (non-hydrogen) atoms. The standard InChI is InChI=1S/C14H16FNS/c1-9-4-12(15)5-10(2)14(9)11-6-13(7-16-3)17-8-11/h4-6,8,16H,7H2,1-3H3. The van der Waals surface area contributed by atoms with Gasteiger partial charge in [-0.1, -0.05) is 0 Å². The number of rotatable bonds is 3. The van der Waals surface area contributed by atoms with E-state index in [9.17, 15) is 4.39 Å². The summed E-state index contributed by atoms with van der Waals surface area (Å²) in [6, 6.07) is 5.36. The van der Waals surface area contributed by atoms with E-state index < -0.39 is 0 Å². The Bertz CT molecular complexity index is 508. The van der Waals surface area contributed by atoms with Gasteiger partial charge in [-0.05, 0) is 66.7 Å². The van der Waals surface area contributed by atoms with Crippen molar-refractivity contribution in [3.8, 4) is 11.1 Å². The minimum atomic E-state index is -0.158. The van der Waals surface area contributed by atoms with Gasteiger partial charge in [-0.2, -0.15) is 0 Å². The van der Waals surface area contributed by atoms with E-state index in [1.807, 2.05) is 20.9 Å². The highest BCUT2D eigenvalue weighted by molar-refractivity contribution is 7.10. The van der Waals surface area contributed by atoms with Crippen molar-refractivity contribution in [2.45, 2.75) is 20.4 Å². The van der Waals surface area contributed by atoms with Crippen molar-refractivity contribution in [1.29, 1.82) is 0 Å². The summed E-state index contributed by atoms with van der Waals surface area (Å²) < 4.78 is 13.2. The number of aryl methyl sites for hydroxylation is 2. The summed E-state index contributed by atoms with van der Waals surface area (Å²) in [4.78, 5) is 1.30. The zero-order valence-corrected chi connectivity index (χ0v) is 11.1. The first kappa shape index (κ1) is 12.3. The van der Waals surface area contributed by atoms with Crippen LogP contribution in [-0.4, -0.2) is 7.05 Å². The number of benzene rings is 1. The maximum absolute atomic E-state index is 13.2. The molecule has 0 fully saturated rings. The van der Waals surface area contributed by atoms with Gasteiger partial charge in [-0.25, -0.2) is 4.39 Å². The molecule has 3 heteroatoms. The van der Waals surface area contributed by atoms with Gasteiger partial charge in [0.25, 0.3) is 0 Å². The first-order chi connectivity index (χ1) is 8.11. The van der Waals surface area contributed by atoms with Crippen LogP contribution in [0.3, 0.4) is 0 Å². The van der Waals surface area contributed by atoms with Crippen molar-refractivity contribution in [3.63, 3.8) is 0 Å². The lowest BCUT2D eigenvalue weighted by atomic mass is 9.97. The molecule has 1 heterocycles. The van der Waals surface area contributed by atoms with Crippen molar-refractivity contribution in [3.05, 3.63) is 45.4 Å². The molecule has 1 N–H and O–H groups in total. The lowest BCUT2D eigenvalue weighted by Gasteiger charge is -2.08. The fraction of sp³-hybridized carbons (Fsp3) is 0.286. The van der Waals surface area contributed by atoms with Crippen LogP contribution in [0.1, 0.15) is 16.0 Å². The Labute approximate surface area is 105 Å². The summed E-state index contributed by atoms with van der Waals surface area (Å²) in [6.45, 7) is 4.80. The second-order valence-corrected chi connectivity index (χ2v) is 5.24. The SMILES string of the molecule is CNCc1cc(-c2c(C)cc(F)cc2C)cs1. The first-order valence-corrected chi connectivity index (χ1v) is 6.49. The Kier molecular flexibility index (Phi) is 3.60. The van der Waals surface area contributed by atoms with Gasteiger partial charge in [-0.15, -0.1) is 11.3 Å². The molecule has 0 aliphatic heterocycles. The van der Waals surface area contributed by atoms with Gasteiger partial charge in [0.05, 0.1) is 0 Å². The van der Waals surface area contributed by atoms with Crippen molar-refractivity contribution in [2.75, 3.05) is 7.05 Å². The molecule has 0 atom stereocenters. The predicted molar refractivity (Wildman–Crippen MR) is 72.0 cm³/mol. The lowest BCUT2D eigenvalue weighted by Crippen LogP contribution is -2.02. The van der Waals surface area contributed by atoms with Crippen LogP contribution in [0.25, 0.3) is 11.1 Å². The summed E-state index contributed by atoms with van der Waals surface area (Å²) in [5.74, 6) is -0.158. The zero-order chi connectivity index (χ0) is 12.4. The van der Waals surface area contributed by atoms with Gasteiger partial charge in [0.2, 0.25) is 0 Å². The lowest BCUT2D eigenvalue weighted by molar-refractivity contribution is 0.625. The number of thiophene rings is 1. The average molecular weight is 249 g/mol.